The fourth-order valence-electron chi connectivity index (χ4n) is 1.67. The zero-order chi connectivity index (χ0) is 13.2. The quantitative estimate of drug-likeness (QED) is 0.876. The predicted molar refractivity (Wildman–Crippen MR) is 68.7 cm³/mol. The topological polar surface area (TPSA) is 46.2 Å². The number of hydrogen-bond donors (Lipinski definition) is 2. The van der Waals surface area contributed by atoms with Crippen LogP contribution in [0.4, 0.5) is 4.39 Å². The number of hydrogen-bond acceptors (Lipinski definition) is 2. The Morgan fingerprint density at radius 3 is 2.47 bits per heavy atom. The Morgan fingerprint density at radius 2 is 2.00 bits per heavy atom. The van der Waals surface area contributed by atoms with Crippen molar-refractivity contribution in [3.63, 3.8) is 0 Å². The minimum absolute atomic E-state index is 0.126. The summed E-state index contributed by atoms with van der Waals surface area (Å²) >= 11 is 5.95. The van der Waals surface area contributed by atoms with Crippen LogP contribution in [0.1, 0.15) is 44.4 Å². The molecule has 3 N–H and O–H groups in total. The molecular weight excluding hydrogens is 241 g/mol. The van der Waals surface area contributed by atoms with Gasteiger partial charge in [-0.25, -0.2) is 4.39 Å². The molecule has 0 spiro atoms. The molecule has 0 amide bonds. The van der Waals surface area contributed by atoms with Crippen LogP contribution in [0.15, 0.2) is 12.1 Å². The number of aliphatic hydroxyl groups excluding tert-OH is 1. The molecule has 0 bridgehead atoms. The summed E-state index contributed by atoms with van der Waals surface area (Å²) in [6.07, 6.45) is -0.335. The highest BCUT2D eigenvalue weighted by molar-refractivity contribution is 6.31. The summed E-state index contributed by atoms with van der Waals surface area (Å²) < 4.78 is 13.7. The molecule has 1 aromatic carbocycles. The maximum Gasteiger partial charge on any atom is 0.142 e. The first-order valence-electron chi connectivity index (χ1n) is 5.65. The van der Waals surface area contributed by atoms with Crippen LogP contribution in [-0.4, -0.2) is 11.7 Å². The van der Waals surface area contributed by atoms with Gasteiger partial charge in [-0.05, 0) is 35.6 Å². The van der Waals surface area contributed by atoms with Crippen LogP contribution >= 0.6 is 11.6 Å². The van der Waals surface area contributed by atoms with Crippen molar-refractivity contribution in [3.8, 4) is 0 Å². The van der Waals surface area contributed by atoms with E-state index in [0.717, 1.165) is 0 Å². The molecule has 1 aromatic rings. The van der Waals surface area contributed by atoms with Gasteiger partial charge in [0.05, 0.1) is 11.1 Å². The molecule has 1 rings (SSSR count). The van der Waals surface area contributed by atoms with Gasteiger partial charge in [-0.2, -0.15) is 0 Å². The van der Waals surface area contributed by atoms with Gasteiger partial charge in [0.2, 0.25) is 0 Å². The van der Waals surface area contributed by atoms with E-state index in [0.29, 0.717) is 24.1 Å². The first kappa shape index (κ1) is 14.4. The summed E-state index contributed by atoms with van der Waals surface area (Å²) in [4.78, 5) is 0. The van der Waals surface area contributed by atoms with Gasteiger partial charge in [-0.15, -0.1) is 0 Å². The first-order valence-corrected chi connectivity index (χ1v) is 6.02. The van der Waals surface area contributed by atoms with Crippen LogP contribution in [0.2, 0.25) is 5.02 Å². The Bertz CT molecular complexity index is 401. The minimum atomic E-state index is -0.743. The third-order valence-electron chi connectivity index (χ3n) is 2.68. The van der Waals surface area contributed by atoms with Gasteiger partial charge in [0.15, 0.2) is 0 Å². The van der Waals surface area contributed by atoms with Crippen LogP contribution < -0.4 is 5.73 Å². The molecule has 0 unspecified atom stereocenters. The van der Waals surface area contributed by atoms with E-state index in [1.165, 1.54) is 6.07 Å². The molecule has 4 heteroatoms. The van der Waals surface area contributed by atoms with Gasteiger partial charge in [0, 0.05) is 0 Å². The summed E-state index contributed by atoms with van der Waals surface area (Å²) in [6, 6.07) is 3.03. The van der Waals surface area contributed by atoms with E-state index in [2.05, 4.69) is 0 Å². The molecule has 0 saturated carbocycles. The van der Waals surface area contributed by atoms with E-state index >= 15 is 0 Å². The summed E-state index contributed by atoms with van der Waals surface area (Å²) in [5, 5.41) is 9.96. The largest absolute Gasteiger partial charge is 0.388 e. The smallest absolute Gasteiger partial charge is 0.142 e. The van der Waals surface area contributed by atoms with Crippen molar-refractivity contribution in [1.82, 2.24) is 0 Å². The molecule has 0 aliphatic heterocycles. The van der Waals surface area contributed by atoms with Crippen LogP contribution in [0.3, 0.4) is 0 Å². The number of halogens is 2. The van der Waals surface area contributed by atoms with Crippen molar-refractivity contribution in [2.75, 3.05) is 6.54 Å². The second-order valence-electron chi connectivity index (χ2n) is 5.21. The van der Waals surface area contributed by atoms with E-state index in [-0.39, 0.29) is 10.4 Å². The predicted octanol–water partition coefficient (Wildman–Crippen LogP) is 3.16. The molecule has 96 valence electrons. The third kappa shape index (κ3) is 3.41. The fourth-order valence-corrected chi connectivity index (χ4v) is 2.07. The van der Waals surface area contributed by atoms with Crippen LogP contribution in [0.5, 0.6) is 0 Å². The number of rotatable bonds is 3. The van der Waals surface area contributed by atoms with E-state index in [4.69, 9.17) is 17.3 Å². The van der Waals surface area contributed by atoms with Crippen LogP contribution in [0.25, 0.3) is 0 Å². The standard InChI is InChI=1S/C13H19ClFNO/c1-13(2,3)9-6-8(11(17)4-5-16)7-10(15)12(9)14/h6-7,11,17H,4-5,16H2,1-3H3/t11-/m0/s1. The minimum Gasteiger partial charge on any atom is -0.388 e. The lowest BCUT2D eigenvalue weighted by Gasteiger charge is -2.23. The van der Waals surface area contributed by atoms with Crippen LogP contribution in [-0.2, 0) is 5.41 Å². The van der Waals surface area contributed by atoms with Crippen molar-refractivity contribution in [2.45, 2.75) is 38.7 Å². The lowest BCUT2D eigenvalue weighted by atomic mass is 9.85. The summed E-state index contributed by atoms with van der Waals surface area (Å²) in [5.74, 6) is -0.495. The van der Waals surface area contributed by atoms with E-state index < -0.39 is 11.9 Å². The summed E-state index contributed by atoms with van der Waals surface area (Å²) in [5.41, 5.74) is 6.34. The number of aliphatic hydroxyl groups is 1. The summed E-state index contributed by atoms with van der Waals surface area (Å²) in [6.45, 7) is 6.21. The van der Waals surface area contributed by atoms with Crippen LogP contribution in [0, 0.1) is 5.82 Å². The van der Waals surface area contributed by atoms with Crippen molar-refractivity contribution in [1.29, 1.82) is 0 Å². The Kier molecular flexibility index (Phi) is 4.53. The highest BCUT2D eigenvalue weighted by atomic mass is 35.5. The molecule has 2 nitrogen and oxygen atoms in total. The zero-order valence-corrected chi connectivity index (χ0v) is 11.2. The Balaban J connectivity index is 3.24. The second-order valence-corrected chi connectivity index (χ2v) is 5.59. The van der Waals surface area contributed by atoms with Crippen molar-refractivity contribution < 1.29 is 9.50 Å². The molecule has 17 heavy (non-hydrogen) atoms. The van der Waals surface area contributed by atoms with Gasteiger partial charge in [0.25, 0.3) is 0 Å². The van der Waals surface area contributed by atoms with E-state index in [1.54, 1.807) is 6.07 Å². The maximum atomic E-state index is 13.7. The monoisotopic (exact) mass is 259 g/mol. The average Bonchev–Trinajstić information content (AvgIpc) is 2.20. The van der Waals surface area contributed by atoms with Gasteiger partial charge >= 0.3 is 0 Å². The average molecular weight is 260 g/mol. The van der Waals surface area contributed by atoms with Gasteiger partial charge in [-0.3, -0.25) is 0 Å². The Hall–Kier alpha value is -0.640. The molecular formula is C13H19ClFNO. The third-order valence-corrected chi connectivity index (χ3v) is 3.07. The van der Waals surface area contributed by atoms with E-state index in [1.807, 2.05) is 20.8 Å². The van der Waals surface area contributed by atoms with Gasteiger partial charge in [0.1, 0.15) is 5.82 Å². The highest BCUT2D eigenvalue weighted by Gasteiger charge is 2.22. The lowest BCUT2D eigenvalue weighted by Crippen LogP contribution is -2.15. The zero-order valence-electron chi connectivity index (χ0n) is 10.4. The molecule has 0 aliphatic rings. The molecule has 1 atom stereocenters. The SMILES string of the molecule is CC(C)(C)c1cc([C@@H](O)CCN)cc(F)c1Cl. The van der Waals surface area contributed by atoms with Gasteiger partial charge < -0.3 is 10.8 Å². The first-order chi connectivity index (χ1) is 7.77. The van der Waals surface area contributed by atoms with Crippen molar-refractivity contribution in [3.05, 3.63) is 34.1 Å². The maximum absolute atomic E-state index is 13.7. The lowest BCUT2D eigenvalue weighted by molar-refractivity contribution is 0.169. The molecule has 0 heterocycles. The normalized spacial score (nSPS) is 13.8. The molecule has 0 fully saturated rings. The fraction of sp³-hybridized carbons (Fsp3) is 0.538. The van der Waals surface area contributed by atoms with E-state index in [9.17, 15) is 9.50 Å². The molecule has 0 aliphatic carbocycles. The van der Waals surface area contributed by atoms with Gasteiger partial charge in [-0.1, -0.05) is 38.4 Å². The number of nitrogens with two attached hydrogens (primary N) is 1. The molecule has 0 aromatic heterocycles. The number of benzene rings is 1. The molecule has 0 radical (unpaired) electrons. The summed E-state index contributed by atoms with van der Waals surface area (Å²) in [7, 11) is 0. The van der Waals surface area contributed by atoms with Crippen molar-refractivity contribution >= 4 is 11.6 Å². The Labute approximate surface area is 107 Å². The van der Waals surface area contributed by atoms with Crippen molar-refractivity contribution in [2.24, 2.45) is 5.73 Å². The highest BCUT2D eigenvalue weighted by Crippen LogP contribution is 2.34. The molecule has 0 saturated heterocycles. The second kappa shape index (κ2) is 5.34. The Morgan fingerprint density at radius 1 is 1.41 bits per heavy atom.